The summed E-state index contributed by atoms with van der Waals surface area (Å²) in [7, 11) is -1.35. The molecule has 1 aliphatic rings. The van der Waals surface area contributed by atoms with Crippen molar-refractivity contribution in [2.45, 2.75) is 124 Å². The van der Waals surface area contributed by atoms with Gasteiger partial charge in [-0.05, 0) is 62.7 Å². The Morgan fingerprint density at radius 1 is 0.900 bits per heavy atom. The summed E-state index contributed by atoms with van der Waals surface area (Å²) >= 11 is 0. The molecule has 172 valence electrons. The zero-order valence-corrected chi connectivity index (χ0v) is 23.8. The van der Waals surface area contributed by atoms with Gasteiger partial charge in [0.2, 0.25) is 0 Å². The maximum Gasteiger partial charge on any atom is 0.0425 e. The van der Waals surface area contributed by atoms with Crippen LogP contribution in [0, 0.1) is 0 Å². The van der Waals surface area contributed by atoms with Crippen LogP contribution in [0.3, 0.4) is 0 Å². The first-order valence-electron chi connectivity index (χ1n) is 12.2. The predicted octanol–water partition coefficient (Wildman–Crippen LogP) is 10.1. The fourth-order valence-electron chi connectivity index (χ4n) is 4.53. The van der Waals surface area contributed by atoms with Crippen LogP contribution >= 0.6 is 7.05 Å². The van der Waals surface area contributed by atoms with Gasteiger partial charge in [0.25, 0.3) is 0 Å². The van der Waals surface area contributed by atoms with Crippen molar-refractivity contribution < 1.29 is 21.7 Å². The summed E-state index contributed by atoms with van der Waals surface area (Å²) in [5, 5.41) is 0. The second kappa shape index (κ2) is 19.6. The van der Waals surface area contributed by atoms with E-state index in [4.69, 9.17) is 4.74 Å². The van der Waals surface area contributed by atoms with E-state index >= 15 is 0 Å². The Bertz CT molecular complexity index is 548. The van der Waals surface area contributed by atoms with Crippen LogP contribution in [0.25, 0.3) is 0 Å². The summed E-state index contributed by atoms with van der Waals surface area (Å²) in [5.74, 6) is 0. The Morgan fingerprint density at radius 3 is 1.73 bits per heavy atom. The Balaban J connectivity index is 0. The van der Waals surface area contributed by atoms with E-state index < -0.39 is 7.05 Å². The maximum absolute atomic E-state index is 5.57. The molecular formula is C27H50NPTi. The van der Waals surface area contributed by atoms with Gasteiger partial charge in [0.1, 0.15) is 0 Å². The van der Waals surface area contributed by atoms with Gasteiger partial charge >= 0.3 is 0 Å². The van der Waals surface area contributed by atoms with Crippen LogP contribution in [0.4, 0.5) is 0 Å². The van der Waals surface area contributed by atoms with Crippen LogP contribution < -0.4 is 0 Å². The minimum atomic E-state index is -1.35. The summed E-state index contributed by atoms with van der Waals surface area (Å²) in [5.41, 5.74) is 3.65. The van der Waals surface area contributed by atoms with Crippen molar-refractivity contribution in [3.63, 3.8) is 0 Å². The first-order valence-corrected chi connectivity index (χ1v) is 14.1. The second-order valence-electron chi connectivity index (χ2n) is 8.46. The van der Waals surface area contributed by atoms with Gasteiger partial charge in [0.15, 0.2) is 0 Å². The van der Waals surface area contributed by atoms with Crippen molar-refractivity contribution in [1.29, 1.82) is 0 Å². The molecule has 0 saturated heterocycles. The average Bonchev–Trinajstić information content (AvgIpc) is 3.20. The number of hydrogen-bond acceptors (Lipinski definition) is 1. The number of nitrogens with zero attached hydrogens (tertiary/aromatic N) is 1. The summed E-state index contributed by atoms with van der Waals surface area (Å²) in [6.45, 7) is 18.6. The monoisotopic (exact) mass is 467 g/mol. The van der Waals surface area contributed by atoms with Gasteiger partial charge in [-0.3, -0.25) is 4.74 Å². The van der Waals surface area contributed by atoms with Crippen LogP contribution in [-0.4, -0.2) is 17.0 Å². The molecule has 0 saturated carbocycles. The molecule has 1 nitrogen and oxygen atoms in total. The molecular weight excluding hydrogens is 417 g/mol. The Hall–Kier alpha value is -0.0957. The van der Waals surface area contributed by atoms with Crippen molar-refractivity contribution in [2.75, 3.05) is 0 Å². The molecule has 0 radical (unpaired) electrons. The first-order chi connectivity index (χ1) is 13.9. The number of rotatable bonds is 12. The van der Waals surface area contributed by atoms with E-state index in [2.05, 4.69) is 78.8 Å². The van der Waals surface area contributed by atoms with Crippen molar-refractivity contribution >= 4 is 7.05 Å². The van der Waals surface area contributed by atoms with Crippen LogP contribution in [-0.2, 0) is 21.7 Å². The molecule has 1 rings (SSSR count). The summed E-state index contributed by atoms with van der Waals surface area (Å²) < 4.78 is 5.57. The van der Waals surface area contributed by atoms with Gasteiger partial charge in [0.05, 0.1) is 0 Å². The summed E-state index contributed by atoms with van der Waals surface area (Å²) in [6, 6.07) is 0. The van der Waals surface area contributed by atoms with Crippen molar-refractivity contribution in [3.05, 3.63) is 48.2 Å². The van der Waals surface area contributed by atoms with Crippen LogP contribution in [0.2, 0.25) is 0 Å². The van der Waals surface area contributed by atoms with Gasteiger partial charge in [-0.25, -0.2) is 0 Å². The molecule has 30 heavy (non-hydrogen) atoms. The average molecular weight is 468 g/mol. The largest absolute Gasteiger partial charge is 0.271 e. The molecule has 3 atom stereocenters. The van der Waals surface area contributed by atoms with E-state index in [1.807, 2.05) is 19.1 Å². The molecule has 0 spiro atoms. The number of hydrogen-bond donors (Lipinski definition) is 0. The molecule has 0 aromatic rings. The van der Waals surface area contributed by atoms with Crippen LogP contribution in [0.5, 0.6) is 0 Å². The smallest absolute Gasteiger partial charge is 0.0425 e. The standard InChI is InChI=1S/C20H38NP.C7H12.Ti/c1-7-12-17(4)22(18(5)13-8-2,19(6)14-9-3)21-20-15-10-11-16-20;1-3-5-7-6-4-2;/h10-11,15,17-19H,7-9,12-14,16H2,1-6H3;3,5-7H,4H2,1-2H3;. The van der Waals surface area contributed by atoms with Crippen molar-refractivity contribution in [2.24, 2.45) is 4.74 Å². The third-order valence-electron chi connectivity index (χ3n) is 5.97. The third kappa shape index (κ3) is 11.0. The zero-order valence-electron chi connectivity index (χ0n) is 21.3. The van der Waals surface area contributed by atoms with Gasteiger partial charge in [0, 0.05) is 33.8 Å². The molecule has 0 aromatic carbocycles. The van der Waals surface area contributed by atoms with Gasteiger partial charge < -0.3 is 0 Å². The molecule has 0 heterocycles. The molecule has 0 amide bonds. The maximum atomic E-state index is 5.57. The number of allylic oxidation sites excluding steroid dienone is 7. The first kappa shape index (κ1) is 32.1. The Kier molecular flexibility index (Phi) is 20.9. The second-order valence-corrected chi connectivity index (χ2v) is 12.9. The minimum Gasteiger partial charge on any atom is -0.271 e. The summed E-state index contributed by atoms with van der Waals surface area (Å²) in [4.78, 5) is 0. The SMILES string of the molecule is CC=CC=CCC.CCCC(C)P(=NC1=CC=CC1)(C(C)CCC)C(C)CCC.[Ti]. The van der Waals surface area contributed by atoms with Crippen LogP contribution in [0.1, 0.15) is 107 Å². The molecule has 0 aliphatic heterocycles. The molecule has 0 N–H and O–H groups in total. The third-order valence-corrected chi connectivity index (χ3v) is 11.6. The van der Waals surface area contributed by atoms with Gasteiger partial charge in [-0.1, -0.05) is 104 Å². The van der Waals surface area contributed by atoms with Crippen LogP contribution in [0.15, 0.2) is 53.0 Å². The quantitative estimate of drug-likeness (QED) is 0.154. The fraction of sp³-hybridized carbons (Fsp3) is 0.704. The van der Waals surface area contributed by atoms with E-state index in [1.54, 1.807) is 0 Å². The van der Waals surface area contributed by atoms with E-state index in [9.17, 15) is 0 Å². The van der Waals surface area contributed by atoms with E-state index in [0.29, 0.717) is 0 Å². The van der Waals surface area contributed by atoms with Gasteiger partial charge in [-0.15, -0.1) is 0 Å². The summed E-state index contributed by atoms with van der Waals surface area (Å²) in [6.07, 6.45) is 25.0. The zero-order chi connectivity index (χ0) is 22.1. The molecule has 3 unspecified atom stereocenters. The Labute approximate surface area is 204 Å². The normalized spacial score (nSPS) is 18.2. The molecule has 3 heteroatoms. The predicted molar refractivity (Wildman–Crippen MR) is 139 cm³/mol. The van der Waals surface area contributed by atoms with Crippen molar-refractivity contribution in [1.82, 2.24) is 0 Å². The molecule has 0 aromatic heterocycles. The van der Waals surface area contributed by atoms with E-state index in [-0.39, 0.29) is 21.7 Å². The van der Waals surface area contributed by atoms with Gasteiger partial charge in [-0.2, -0.15) is 0 Å². The van der Waals surface area contributed by atoms with Crippen molar-refractivity contribution in [3.8, 4) is 0 Å². The fourth-order valence-corrected chi connectivity index (χ4v) is 10.3. The molecule has 0 bridgehead atoms. The molecule has 1 aliphatic carbocycles. The molecule has 0 fully saturated rings. The van der Waals surface area contributed by atoms with E-state index in [0.717, 1.165) is 29.8 Å². The topological polar surface area (TPSA) is 12.4 Å². The Morgan fingerprint density at radius 2 is 1.40 bits per heavy atom. The van der Waals surface area contributed by atoms with E-state index in [1.165, 1.54) is 44.2 Å². The minimum absolute atomic E-state index is 0.